The van der Waals surface area contributed by atoms with Crippen LogP contribution in [0.4, 0.5) is 0 Å². The number of thioether (sulfide) groups is 1. The summed E-state index contributed by atoms with van der Waals surface area (Å²) < 4.78 is 0. The molecule has 1 amide bonds. The van der Waals surface area contributed by atoms with Gasteiger partial charge in [-0.1, -0.05) is 6.08 Å². The number of rotatable bonds is 3. The fourth-order valence-corrected chi connectivity index (χ4v) is 4.27. The Morgan fingerprint density at radius 2 is 2.33 bits per heavy atom. The predicted molar refractivity (Wildman–Crippen MR) is 81.6 cm³/mol. The topological polar surface area (TPSA) is 96.5 Å². The van der Waals surface area contributed by atoms with E-state index in [1.807, 2.05) is 13.0 Å². The number of amides is 1. The van der Waals surface area contributed by atoms with E-state index in [1.165, 1.54) is 28.0 Å². The number of carboxylic acid groups (broad SMARTS) is 1. The molecule has 8 heteroatoms. The lowest BCUT2D eigenvalue weighted by Gasteiger charge is -2.47. The zero-order valence-electron chi connectivity index (χ0n) is 11.1. The number of β-lactam (4-membered cyclic amide) rings is 1. The minimum Gasteiger partial charge on any atom is -0.477 e. The van der Waals surface area contributed by atoms with E-state index in [1.54, 1.807) is 11.6 Å². The first-order chi connectivity index (χ1) is 10.0. The normalized spacial score (nSPS) is 25.2. The first-order valence-electron chi connectivity index (χ1n) is 6.25. The molecule has 0 spiro atoms. The third-order valence-corrected chi connectivity index (χ3v) is 5.68. The number of aryl methyl sites for hydroxylation is 1. The van der Waals surface area contributed by atoms with E-state index in [9.17, 15) is 14.7 Å². The largest absolute Gasteiger partial charge is 0.477 e. The molecule has 0 saturated carbocycles. The Kier molecular flexibility index (Phi) is 3.60. The van der Waals surface area contributed by atoms with Crippen molar-refractivity contribution in [3.05, 3.63) is 33.4 Å². The van der Waals surface area contributed by atoms with Crippen molar-refractivity contribution in [2.75, 3.05) is 5.75 Å². The van der Waals surface area contributed by atoms with E-state index in [-0.39, 0.29) is 17.0 Å². The van der Waals surface area contributed by atoms with Crippen molar-refractivity contribution in [1.29, 1.82) is 0 Å². The molecule has 2 aliphatic rings. The maximum absolute atomic E-state index is 11.8. The van der Waals surface area contributed by atoms with Gasteiger partial charge in [-0.25, -0.2) is 9.78 Å². The molecule has 3 N–H and O–H groups in total. The van der Waals surface area contributed by atoms with E-state index in [4.69, 9.17) is 5.73 Å². The molecular formula is C13H13N3O3S2. The van der Waals surface area contributed by atoms with Gasteiger partial charge in [-0.15, -0.1) is 23.1 Å². The smallest absolute Gasteiger partial charge is 0.352 e. The summed E-state index contributed by atoms with van der Waals surface area (Å²) >= 11 is 2.98. The number of hydrogen-bond acceptors (Lipinski definition) is 6. The van der Waals surface area contributed by atoms with Gasteiger partial charge < -0.3 is 10.8 Å². The van der Waals surface area contributed by atoms with Crippen LogP contribution in [-0.2, 0) is 9.59 Å². The van der Waals surface area contributed by atoms with Gasteiger partial charge in [0.25, 0.3) is 0 Å². The third-order valence-electron chi connectivity index (χ3n) is 3.46. The molecule has 0 aliphatic carbocycles. The number of nitrogens with zero attached hydrogens (tertiary/aromatic N) is 2. The molecule has 21 heavy (non-hydrogen) atoms. The van der Waals surface area contributed by atoms with Crippen molar-refractivity contribution in [1.82, 2.24) is 9.88 Å². The van der Waals surface area contributed by atoms with Gasteiger partial charge in [0.1, 0.15) is 17.1 Å². The van der Waals surface area contributed by atoms with Crippen LogP contribution in [0.3, 0.4) is 0 Å². The van der Waals surface area contributed by atoms with Crippen molar-refractivity contribution in [3.63, 3.8) is 0 Å². The van der Waals surface area contributed by atoms with Gasteiger partial charge in [0.05, 0.1) is 11.2 Å². The highest BCUT2D eigenvalue weighted by molar-refractivity contribution is 8.00. The zero-order chi connectivity index (χ0) is 15.1. The van der Waals surface area contributed by atoms with Crippen molar-refractivity contribution in [2.24, 2.45) is 5.73 Å². The number of carbonyl (C=O) groups excluding carboxylic acids is 1. The molecule has 1 unspecified atom stereocenters. The maximum atomic E-state index is 11.8. The summed E-state index contributed by atoms with van der Waals surface area (Å²) in [5.74, 6) is -0.899. The second kappa shape index (κ2) is 5.28. The highest BCUT2D eigenvalue weighted by atomic mass is 32.2. The zero-order valence-corrected chi connectivity index (χ0v) is 12.8. The minimum absolute atomic E-state index is 0.0452. The number of allylic oxidation sites excluding steroid dienone is 1. The number of aliphatic carboxylic acids is 1. The Morgan fingerprint density at radius 1 is 1.57 bits per heavy atom. The van der Waals surface area contributed by atoms with Crippen molar-refractivity contribution in [3.8, 4) is 0 Å². The van der Waals surface area contributed by atoms with Crippen LogP contribution in [0.15, 0.2) is 22.9 Å². The quantitative estimate of drug-likeness (QED) is 0.807. The Hall–Kier alpha value is -1.64. The number of carbonyl (C=O) groups is 2. The summed E-state index contributed by atoms with van der Waals surface area (Å²) in [6.45, 7) is 1.90. The molecule has 0 bridgehead atoms. The molecule has 1 aromatic rings. The molecule has 2 aliphatic heterocycles. The molecular weight excluding hydrogens is 310 g/mol. The lowest BCUT2D eigenvalue weighted by molar-refractivity contribution is -0.147. The molecule has 6 nitrogen and oxygen atoms in total. The molecule has 110 valence electrons. The van der Waals surface area contributed by atoms with Crippen LogP contribution in [0.25, 0.3) is 6.08 Å². The average Bonchev–Trinajstić information content (AvgIpc) is 2.88. The minimum atomic E-state index is -1.10. The SMILES string of the molecule is Cc1ncsc1/C=C/C1=C(C(=O)O)N2C(=O)C(N)[C@@H]2SC1. The van der Waals surface area contributed by atoms with Crippen molar-refractivity contribution in [2.45, 2.75) is 18.3 Å². The third kappa shape index (κ3) is 2.29. The van der Waals surface area contributed by atoms with Gasteiger partial charge in [0.15, 0.2) is 0 Å². The van der Waals surface area contributed by atoms with Gasteiger partial charge >= 0.3 is 5.97 Å². The standard InChI is InChI=1S/C13H13N3O3S2/c1-6-8(21-5-15-6)3-2-7-4-20-12-9(14)11(17)16(12)10(7)13(18)19/h2-3,5,9,12H,4,14H2,1H3,(H,18,19)/b3-2+/t9?,12-/m0/s1. The lowest BCUT2D eigenvalue weighted by Crippen LogP contribution is -2.68. The Morgan fingerprint density at radius 3 is 2.95 bits per heavy atom. The van der Waals surface area contributed by atoms with Gasteiger partial charge in [-0.2, -0.15) is 0 Å². The monoisotopic (exact) mass is 323 g/mol. The fraction of sp³-hybridized carbons (Fsp3) is 0.308. The van der Waals surface area contributed by atoms with Gasteiger partial charge in [-0.3, -0.25) is 9.69 Å². The summed E-state index contributed by atoms with van der Waals surface area (Å²) in [5.41, 5.74) is 9.01. The Labute approximate surface area is 129 Å². The summed E-state index contributed by atoms with van der Waals surface area (Å²) in [6, 6.07) is -0.598. The molecule has 1 fully saturated rings. The first kappa shape index (κ1) is 14.3. The molecule has 1 aromatic heterocycles. The fourth-order valence-electron chi connectivity index (χ4n) is 2.32. The number of aromatic nitrogens is 1. The summed E-state index contributed by atoms with van der Waals surface area (Å²) in [4.78, 5) is 29.7. The van der Waals surface area contributed by atoms with E-state index in [2.05, 4.69) is 4.98 Å². The van der Waals surface area contributed by atoms with Crippen molar-refractivity contribution >= 4 is 41.1 Å². The lowest BCUT2D eigenvalue weighted by atomic mass is 10.0. The number of nitrogens with two attached hydrogens (primary N) is 1. The van der Waals surface area contributed by atoms with Gasteiger partial charge in [-0.05, 0) is 18.6 Å². The molecule has 3 rings (SSSR count). The number of thiazole rings is 1. The molecule has 0 aromatic carbocycles. The summed E-state index contributed by atoms with van der Waals surface area (Å²) in [5, 5.41) is 9.14. The second-order valence-electron chi connectivity index (χ2n) is 4.75. The predicted octanol–water partition coefficient (Wildman–Crippen LogP) is 1.05. The summed E-state index contributed by atoms with van der Waals surface area (Å²) in [6.07, 6.45) is 3.60. The number of hydrogen-bond donors (Lipinski definition) is 2. The second-order valence-corrected chi connectivity index (χ2v) is 6.74. The highest BCUT2D eigenvalue weighted by Crippen LogP contribution is 2.39. The van der Waals surface area contributed by atoms with E-state index in [0.29, 0.717) is 11.3 Å². The summed E-state index contributed by atoms with van der Waals surface area (Å²) in [7, 11) is 0. The Bertz CT molecular complexity index is 680. The Balaban J connectivity index is 1.95. The first-order valence-corrected chi connectivity index (χ1v) is 8.18. The number of carboxylic acids is 1. The highest BCUT2D eigenvalue weighted by Gasteiger charge is 2.51. The van der Waals surface area contributed by atoms with E-state index < -0.39 is 12.0 Å². The van der Waals surface area contributed by atoms with Crippen LogP contribution in [0.2, 0.25) is 0 Å². The molecule has 1 saturated heterocycles. The van der Waals surface area contributed by atoms with Crippen LogP contribution >= 0.6 is 23.1 Å². The van der Waals surface area contributed by atoms with Crippen LogP contribution in [0.5, 0.6) is 0 Å². The molecule has 2 atom stereocenters. The van der Waals surface area contributed by atoms with Crippen LogP contribution in [0.1, 0.15) is 10.6 Å². The van der Waals surface area contributed by atoms with Crippen LogP contribution in [0, 0.1) is 6.92 Å². The van der Waals surface area contributed by atoms with E-state index in [0.717, 1.165) is 10.6 Å². The van der Waals surface area contributed by atoms with E-state index >= 15 is 0 Å². The average molecular weight is 323 g/mol. The van der Waals surface area contributed by atoms with Crippen LogP contribution in [-0.4, -0.2) is 44.0 Å². The molecule has 3 heterocycles. The number of fused-ring (bicyclic) bond motifs is 1. The van der Waals surface area contributed by atoms with Crippen LogP contribution < -0.4 is 5.73 Å². The van der Waals surface area contributed by atoms with Gasteiger partial charge in [0, 0.05) is 10.6 Å². The van der Waals surface area contributed by atoms with Crippen molar-refractivity contribution < 1.29 is 14.7 Å². The van der Waals surface area contributed by atoms with Gasteiger partial charge in [0.2, 0.25) is 5.91 Å². The maximum Gasteiger partial charge on any atom is 0.352 e. The molecule has 0 radical (unpaired) electrons.